The molecule has 7 heterocycles. The number of rotatable bonds is 44. The first-order chi connectivity index (χ1) is 62.8. The maximum Gasteiger partial charge on any atom is 0.431 e. The number of unbranched alkanes of at least 4 members (excludes halogenated alkanes) is 2. The number of fused-ring (bicyclic) bond motifs is 3. The topological polar surface area (TPSA) is 369 Å². The number of urea groups is 2. The van der Waals surface area contributed by atoms with E-state index in [-0.39, 0.29) is 104 Å². The predicted octanol–water partition coefficient (Wildman–Crippen LogP) is 14.0. The fourth-order valence-corrected chi connectivity index (χ4v) is 19.8. The molecule has 0 radical (unpaired) electrons. The number of aliphatic hydroxyl groups is 2. The summed E-state index contributed by atoms with van der Waals surface area (Å²) in [5.74, 6) is -0.741. The van der Waals surface area contributed by atoms with Crippen LogP contribution in [0.5, 0.6) is 11.5 Å². The predicted molar refractivity (Wildman–Crippen MR) is 495 cm³/mol. The molecule has 0 spiro atoms. The van der Waals surface area contributed by atoms with Gasteiger partial charge in [0.05, 0.1) is 61.4 Å². The smallest absolute Gasteiger partial charge is 0.431 e. The Kier molecular flexibility index (Phi) is 32.9. The number of nitrogen functional groups attached to an aromatic ring is 1. The maximum absolute atomic E-state index is 15.9. The molecule has 0 saturated carbocycles. The van der Waals surface area contributed by atoms with E-state index in [2.05, 4.69) is 34.5 Å². The van der Waals surface area contributed by atoms with Gasteiger partial charge < -0.3 is 92.1 Å². The molecule has 12 atom stereocenters. The minimum Gasteiger partial charge on any atom is -0.464 e. The standard InChI is InChI=1S/C50H63B3N5O12P.C44H54N5O9P/c1-6-7-28-64-48(59)36(2)69-71(62,70-40-22-15-10-16-23-40)35-63-27-17-26-55-43(30-37-18-11-8-12-19-37)45-46(68-50(3,4)67-45)44(31-38-20-13-9-14-21-38)56(49(55)60)32-39-24-25-42-41(29-39)47(54-58(42)51(5)61)57(52-33-65-52)53-34-66-53;1-3-4-25-56-43(52)31(2)57-59(54,58-35-19-12-7-13-20-35)30-55-24-14-23-48-38(27-32-15-8-5-9-16-32)40(50)41(51)39(28-33-17-10-6-11-18-33)49(44(48)53)29-34-21-22-37-36(26-34)42(45)47-46-37/h8-16,18-25,29,36,43-46,61H,6-7,17,26-28,30-35H2,1-5H3;5-13,15-22,26,31,38-41,50-51H,3-4,14,23-25,27-30H2,1-2H3,(H3,45,46,47)/t36-,43-,44-,45+,46+,71?;31-,38+,39+,40-,41-,59?/m10/s1. The number of benzene rings is 8. The third-order valence-electron chi connectivity index (χ3n) is 23.4. The van der Waals surface area contributed by atoms with Gasteiger partial charge in [-0.1, -0.05) is 197 Å². The number of H-pyrrole nitrogens is 1. The molecule has 2 unspecified atom stereocenters. The van der Waals surface area contributed by atoms with Crippen LogP contribution in [0.25, 0.3) is 21.8 Å². The second kappa shape index (κ2) is 44.7. The highest BCUT2D eigenvalue weighted by Gasteiger charge is 2.57. The van der Waals surface area contributed by atoms with Gasteiger partial charge in [0.15, 0.2) is 36.5 Å². The number of hydrogen-bond donors (Lipinski definition) is 5. The number of ether oxygens (including phenoxy) is 6. The molecular weight excluding hydrogens is 1700 g/mol. The van der Waals surface area contributed by atoms with Gasteiger partial charge in [0.2, 0.25) is 0 Å². The summed E-state index contributed by atoms with van der Waals surface area (Å²) in [5, 5.41) is 48.4. The third-order valence-corrected chi connectivity index (χ3v) is 26.6. The lowest BCUT2D eigenvalue weighted by molar-refractivity contribution is -0.157. The van der Waals surface area contributed by atoms with Gasteiger partial charge in [0, 0.05) is 50.2 Å². The van der Waals surface area contributed by atoms with E-state index in [0.717, 1.165) is 62.6 Å². The van der Waals surface area contributed by atoms with Crippen LogP contribution in [-0.2, 0) is 104 Å². The Morgan fingerprint density at radius 3 is 1.35 bits per heavy atom. The fraction of sp³-hybridized carbons (Fsp3) is 0.426. The normalized spacial score (nSPS) is 20.8. The Labute approximate surface area is 759 Å². The largest absolute Gasteiger partial charge is 0.464 e. The van der Waals surface area contributed by atoms with Crippen molar-refractivity contribution in [3.05, 3.63) is 252 Å². The summed E-state index contributed by atoms with van der Waals surface area (Å²) in [6, 6.07) is 64.7. The highest BCUT2D eigenvalue weighted by molar-refractivity contribution is 7.54. The number of aromatic amines is 1. The van der Waals surface area contributed by atoms with E-state index in [0.29, 0.717) is 67.9 Å². The Morgan fingerprint density at radius 2 is 0.931 bits per heavy atom. The van der Waals surface area contributed by atoms with Gasteiger partial charge in [-0.2, -0.15) is 10.2 Å². The zero-order valence-corrected chi connectivity index (χ0v) is 76.4. The molecule has 2 aromatic heterocycles. The molecule has 5 aliphatic rings. The van der Waals surface area contributed by atoms with Gasteiger partial charge in [-0.25, -0.2) is 28.3 Å². The van der Waals surface area contributed by atoms with Crippen molar-refractivity contribution in [1.29, 1.82) is 0 Å². The maximum atomic E-state index is 15.9. The van der Waals surface area contributed by atoms with Gasteiger partial charge in [0.25, 0.3) is 0 Å². The summed E-state index contributed by atoms with van der Waals surface area (Å²) >= 11 is 0. The average Bonchev–Trinajstić information content (AvgIpc) is 1.60. The molecule has 10 aromatic rings. The Bertz CT molecular complexity index is 5420. The summed E-state index contributed by atoms with van der Waals surface area (Å²) in [4.78, 5) is 63.4. The first-order valence-electron chi connectivity index (χ1n) is 44.8. The molecule has 130 heavy (non-hydrogen) atoms. The fourth-order valence-electron chi connectivity index (χ4n) is 16.8. The van der Waals surface area contributed by atoms with Crippen molar-refractivity contribution in [3.8, 4) is 11.5 Å². The second-order valence-electron chi connectivity index (χ2n) is 33.9. The first kappa shape index (κ1) is 95.7. The van der Waals surface area contributed by atoms with Crippen LogP contribution in [0.3, 0.4) is 0 Å². The number of para-hydroxylation sites is 2. The summed E-state index contributed by atoms with van der Waals surface area (Å²) in [7, 11) is -9.43. The van der Waals surface area contributed by atoms with Crippen LogP contribution in [0.2, 0.25) is 6.82 Å². The number of aromatic nitrogens is 4. The summed E-state index contributed by atoms with van der Waals surface area (Å²) in [6.45, 7) is 14.7. The summed E-state index contributed by atoms with van der Waals surface area (Å²) in [5.41, 5.74) is 13.1. The third kappa shape index (κ3) is 25.1. The SMILES string of the molecule is CCCCOC(=O)[C@@H](C)OP(=O)(COCCCN1C(=O)N(Cc2ccc3c(c2)c(N(B2CO2)B2CO2)nn3B(C)O)[C@H](Cc2ccccc2)[C@@H]2OC(C)(C)O[C@H]2[C@H]1Cc1ccccc1)Oc1ccccc1.CCCCOC(=O)[C@H](C)OP(=O)(COCCCN1C(=O)N(Cc2ccc3[nH]nc(N)c3c2)[C@H](Cc2ccccc2)[C@H](O)[C@@H](O)[C@H]1Cc1ccccc1)Oc1ccccc1. The Hall–Kier alpha value is -10.4. The van der Waals surface area contributed by atoms with Crippen molar-refractivity contribution >= 4 is 93.8 Å². The number of carbonyl (C=O) groups excluding carboxylic acids is 4. The van der Waals surface area contributed by atoms with Gasteiger partial charge in [-0.3, -0.25) is 18.7 Å². The number of hydrogen-bond acceptors (Lipinski definition) is 25. The van der Waals surface area contributed by atoms with Crippen LogP contribution in [-0.4, -0.2) is 232 Å². The lowest BCUT2D eigenvalue weighted by atomic mass is 9.76. The van der Waals surface area contributed by atoms with Crippen LogP contribution in [0.4, 0.5) is 21.2 Å². The number of esters is 2. The van der Waals surface area contributed by atoms with Crippen molar-refractivity contribution in [2.75, 3.05) is 75.7 Å². The number of nitrogens with one attached hydrogen (secondary N) is 1. The molecule has 5 fully saturated rings. The molecule has 31 nitrogen and oxygen atoms in total. The minimum absolute atomic E-state index is 0.0190. The van der Waals surface area contributed by atoms with Crippen LogP contribution in [0, 0.1) is 0 Å². The molecule has 15 rings (SSSR count). The number of anilines is 2. The molecular formula is C94H117B3N10O21P2. The van der Waals surface area contributed by atoms with E-state index < -0.39 is 113 Å². The molecule has 4 amide bonds. The number of nitrogens with zero attached hydrogens (tertiary/aromatic N) is 8. The lowest BCUT2D eigenvalue weighted by Gasteiger charge is -2.37. The summed E-state index contributed by atoms with van der Waals surface area (Å²) in [6.07, 6.45) is -1.83. The monoisotopic (exact) mass is 1820 g/mol. The van der Waals surface area contributed by atoms with Crippen LogP contribution >= 0.6 is 15.2 Å². The number of nitrogens with two attached hydrogens (primary N) is 1. The zero-order valence-electron chi connectivity index (χ0n) is 74.6. The van der Waals surface area contributed by atoms with Crippen molar-refractivity contribution in [1.82, 2.24) is 39.5 Å². The molecule has 0 bridgehead atoms. The lowest BCUT2D eigenvalue weighted by Crippen LogP contribution is -2.52. The van der Waals surface area contributed by atoms with E-state index in [1.165, 1.54) is 13.8 Å². The second-order valence-corrected chi connectivity index (χ2v) is 37.6. The van der Waals surface area contributed by atoms with Crippen molar-refractivity contribution in [2.45, 2.75) is 192 Å². The van der Waals surface area contributed by atoms with Gasteiger partial charge in [-0.05, 0) is 168 Å². The molecule has 6 N–H and O–H groups in total. The van der Waals surface area contributed by atoms with Crippen LogP contribution in [0.1, 0.15) is 113 Å². The van der Waals surface area contributed by atoms with Crippen LogP contribution in [0.15, 0.2) is 218 Å². The number of aliphatic hydroxyl groups excluding tert-OH is 2. The molecule has 36 heteroatoms. The van der Waals surface area contributed by atoms with Gasteiger partial charge >= 0.3 is 60.3 Å². The van der Waals surface area contributed by atoms with E-state index >= 15 is 9.59 Å². The number of carbonyl (C=O) groups is 4. The molecule has 8 aromatic carbocycles. The minimum atomic E-state index is -4.08. The van der Waals surface area contributed by atoms with E-state index in [1.807, 2.05) is 176 Å². The summed E-state index contributed by atoms with van der Waals surface area (Å²) < 4.78 is 103. The molecule has 688 valence electrons. The van der Waals surface area contributed by atoms with E-state index in [9.17, 15) is 34.0 Å². The average molecular weight is 1820 g/mol. The van der Waals surface area contributed by atoms with Crippen LogP contribution < -0.4 is 19.5 Å². The highest BCUT2D eigenvalue weighted by Crippen LogP contribution is 2.52. The van der Waals surface area contributed by atoms with Gasteiger partial charge in [-0.15, -0.1) is 0 Å². The van der Waals surface area contributed by atoms with Crippen molar-refractivity contribution < 1.29 is 99.4 Å². The first-order valence-corrected chi connectivity index (χ1v) is 48.3. The van der Waals surface area contributed by atoms with Crippen molar-refractivity contribution in [3.63, 3.8) is 0 Å². The zero-order chi connectivity index (χ0) is 91.5. The van der Waals surface area contributed by atoms with Crippen molar-refractivity contribution in [2.24, 2.45) is 0 Å². The molecule has 5 saturated heterocycles. The quantitative estimate of drug-likeness (QED) is 0.00778. The molecule has 0 aliphatic carbocycles. The van der Waals surface area contributed by atoms with E-state index in [4.69, 9.17) is 66.7 Å². The Balaban J connectivity index is 0.000000214. The van der Waals surface area contributed by atoms with Gasteiger partial charge in [0.1, 0.15) is 41.7 Å². The number of amides is 4. The molecule has 5 aliphatic heterocycles. The highest BCUT2D eigenvalue weighted by atomic mass is 31.2. The Morgan fingerprint density at radius 1 is 0.546 bits per heavy atom. The van der Waals surface area contributed by atoms with E-state index in [1.54, 1.807) is 81.9 Å².